The second-order valence-corrected chi connectivity index (χ2v) is 6.32. The number of rotatable bonds is 6. The molecule has 1 amide bonds. The van der Waals surface area contributed by atoms with Gasteiger partial charge in [0.25, 0.3) is 0 Å². The summed E-state index contributed by atoms with van der Waals surface area (Å²) in [5.41, 5.74) is 1.67. The topological polar surface area (TPSA) is 103 Å². The van der Waals surface area contributed by atoms with Gasteiger partial charge in [-0.25, -0.2) is 0 Å². The van der Waals surface area contributed by atoms with Gasteiger partial charge in [-0.15, -0.1) is 0 Å². The molecule has 8 nitrogen and oxygen atoms in total. The zero-order chi connectivity index (χ0) is 20.2. The van der Waals surface area contributed by atoms with Gasteiger partial charge in [-0.05, 0) is 28.5 Å². The van der Waals surface area contributed by atoms with Crippen LogP contribution in [0.5, 0.6) is 0 Å². The van der Waals surface area contributed by atoms with Crippen LogP contribution in [0, 0.1) is 10.1 Å². The smallest absolute Gasteiger partial charge is 0.401 e. The van der Waals surface area contributed by atoms with Crippen LogP contribution in [0.4, 0.5) is 11.6 Å². The number of nitrogens with one attached hydrogen (secondary N) is 1. The number of nitro groups is 1. The molecular formula is C21H16N4O4. The van der Waals surface area contributed by atoms with Crippen molar-refractivity contribution < 1.29 is 14.1 Å². The first-order chi connectivity index (χ1) is 14.1. The Kier molecular flexibility index (Phi) is 4.90. The van der Waals surface area contributed by atoms with Gasteiger partial charge < -0.3 is 9.73 Å². The maximum absolute atomic E-state index is 12.1. The number of carbonyl (C=O) groups is 1. The van der Waals surface area contributed by atoms with Crippen LogP contribution in [0.3, 0.4) is 0 Å². The van der Waals surface area contributed by atoms with E-state index in [9.17, 15) is 14.9 Å². The number of hydrogen-bond donors (Lipinski definition) is 1. The van der Waals surface area contributed by atoms with Gasteiger partial charge in [0.1, 0.15) is 10.7 Å². The van der Waals surface area contributed by atoms with Crippen molar-refractivity contribution in [1.82, 2.24) is 9.78 Å². The molecule has 1 N–H and O–H groups in total. The highest BCUT2D eigenvalue weighted by atomic mass is 16.6. The van der Waals surface area contributed by atoms with Gasteiger partial charge in [0.15, 0.2) is 0 Å². The average Bonchev–Trinajstić information content (AvgIpc) is 3.36. The number of aromatic nitrogens is 2. The van der Waals surface area contributed by atoms with Gasteiger partial charge in [0.05, 0.1) is 24.5 Å². The Balaban J connectivity index is 1.41. The van der Waals surface area contributed by atoms with E-state index in [1.165, 1.54) is 24.3 Å². The second kappa shape index (κ2) is 7.81. The SMILES string of the molecule is O=C(/C=C/c1ccc([N+](=O)[O-])o1)Nc1cnn(Cc2cccc3ccccc23)c1. The molecule has 0 unspecified atom stereocenters. The summed E-state index contributed by atoms with van der Waals surface area (Å²) in [4.78, 5) is 22.0. The third-order valence-electron chi connectivity index (χ3n) is 4.30. The number of anilines is 1. The monoisotopic (exact) mass is 388 g/mol. The van der Waals surface area contributed by atoms with Crippen LogP contribution in [0.1, 0.15) is 11.3 Å². The Hall–Kier alpha value is -4.20. The molecular weight excluding hydrogens is 372 g/mol. The number of hydrogen-bond acceptors (Lipinski definition) is 5. The van der Waals surface area contributed by atoms with Crippen molar-refractivity contribution in [2.75, 3.05) is 5.32 Å². The second-order valence-electron chi connectivity index (χ2n) is 6.32. The number of nitrogens with zero attached hydrogens (tertiary/aromatic N) is 3. The normalized spacial score (nSPS) is 11.2. The van der Waals surface area contributed by atoms with Crippen molar-refractivity contribution in [3.05, 3.63) is 94.5 Å². The van der Waals surface area contributed by atoms with E-state index >= 15 is 0 Å². The quantitative estimate of drug-likeness (QED) is 0.302. The molecule has 4 rings (SSSR count). The molecule has 8 heteroatoms. The van der Waals surface area contributed by atoms with Crippen LogP contribution in [0.25, 0.3) is 16.8 Å². The van der Waals surface area contributed by atoms with Crippen LogP contribution in [0.15, 0.2) is 77.5 Å². The zero-order valence-corrected chi connectivity index (χ0v) is 15.2. The van der Waals surface area contributed by atoms with E-state index in [-0.39, 0.29) is 11.6 Å². The highest BCUT2D eigenvalue weighted by Gasteiger charge is 2.10. The van der Waals surface area contributed by atoms with Crippen molar-refractivity contribution in [2.45, 2.75) is 6.54 Å². The summed E-state index contributed by atoms with van der Waals surface area (Å²) in [6.07, 6.45) is 5.91. The molecule has 2 aromatic carbocycles. The predicted octanol–water partition coefficient (Wildman–Crippen LogP) is 4.24. The molecule has 0 bridgehead atoms. The van der Waals surface area contributed by atoms with E-state index in [2.05, 4.69) is 28.6 Å². The molecule has 4 aromatic rings. The molecule has 0 aliphatic carbocycles. The number of amides is 1. The molecule has 0 saturated heterocycles. The summed E-state index contributed by atoms with van der Waals surface area (Å²) in [5, 5.41) is 19.9. The number of benzene rings is 2. The Labute approximate surface area is 165 Å². The standard InChI is InChI=1S/C21H16N4O4/c26-20(10-8-18-9-11-21(29-18)25(27)28)23-17-12-22-24(14-17)13-16-6-3-5-15-4-1-2-7-19(15)16/h1-12,14H,13H2,(H,23,26)/b10-8+. The summed E-state index contributed by atoms with van der Waals surface area (Å²) in [6, 6.07) is 16.9. The van der Waals surface area contributed by atoms with E-state index in [0.717, 1.165) is 16.3 Å². The van der Waals surface area contributed by atoms with Gasteiger partial charge in [-0.2, -0.15) is 5.10 Å². The Morgan fingerprint density at radius 2 is 2.00 bits per heavy atom. The van der Waals surface area contributed by atoms with Gasteiger partial charge in [0, 0.05) is 12.3 Å². The van der Waals surface area contributed by atoms with Crippen molar-refractivity contribution in [3.63, 3.8) is 0 Å². The van der Waals surface area contributed by atoms with Crippen LogP contribution in [-0.4, -0.2) is 20.6 Å². The Morgan fingerprint density at radius 1 is 1.17 bits per heavy atom. The molecule has 2 aromatic heterocycles. The van der Waals surface area contributed by atoms with E-state index in [1.54, 1.807) is 17.1 Å². The first-order valence-corrected chi connectivity index (χ1v) is 8.81. The minimum absolute atomic E-state index is 0.221. The number of fused-ring (bicyclic) bond motifs is 1. The maximum Gasteiger partial charge on any atom is 0.433 e. The van der Waals surface area contributed by atoms with Crippen LogP contribution in [-0.2, 0) is 11.3 Å². The third-order valence-corrected chi connectivity index (χ3v) is 4.30. The lowest BCUT2D eigenvalue weighted by molar-refractivity contribution is -0.402. The molecule has 2 heterocycles. The Bertz CT molecular complexity index is 1220. The number of furan rings is 1. The fourth-order valence-corrected chi connectivity index (χ4v) is 2.99. The average molecular weight is 388 g/mol. The van der Waals surface area contributed by atoms with Crippen molar-refractivity contribution in [3.8, 4) is 0 Å². The maximum atomic E-state index is 12.1. The van der Waals surface area contributed by atoms with Crippen molar-refractivity contribution in [2.24, 2.45) is 0 Å². The summed E-state index contributed by atoms with van der Waals surface area (Å²) >= 11 is 0. The molecule has 0 atom stereocenters. The lowest BCUT2D eigenvalue weighted by Gasteiger charge is -2.06. The number of carbonyl (C=O) groups excluding carboxylic acids is 1. The lowest BCUT2D eigenvalue weighted by Crippen LogP contribution is -2.07. The van der Waals surface area contributed by atoms with Gasteiger partial charge in [-0.1, -0.05) is 42.5 Å². The predicted molar refractivity (Wildman–Crippen MR) is 108 cm³/mol. The highest BCUT2D eigenvalue weighted by Crippen LogP contribution is 2.20. The molecule has 0 aliphatic rings. The van der Waals surface area contributed by atoms with E-state index in [1.807, 2.05) is 24.3 Å². The largest absolute Gasteiger partial charge is 0.433 e. The fourth-order valence-electron chi connectivity index (χ4n) is 2.99. The summed E-state index contributed by atoms with van der Waals surface area (Å²) in [6.45, 7) is 0.573. The van der Waals surface area contributed by atoms with E-state index in [0.29, 0.717) is 12.2 Å². The van der Waals surface area contributed by atoms with E-state index < -0.39 is 10.8 Å². The lowest BCUT2D eigenvalue weighted by atomic mass is 10.0. The molecule has 0 fully saturated rings. The van der Waals surface area contributed by atoms with Crippen LogP contribution >= 0.6 is 0 Å². The minimum Gasteiger partial charge on any atom is -0.401 e. The first kappa shape index (κ1) is 18.2. The van der Waals surface area contributed by atoms with Gasteiger partial charge in [-0.3, -0.25) is 19.6 Å². The zero-order valence-electron chi connectivity index (χ0n) is 15.2. The molecule has 0 aliphatic heterocycles. The summed E-state index contributed by atoms with van der Waals surface area (Å²) in [7, 11) is 0. The molecule has 0 saturated carbocycles. The minimum atomic E-state index is -0.637. The summed E-state index contributed by atoms with van der Waals surface area (Å²) in [5.74, 6) is -0.549. The molecule has 0 radical (unpaired) electrons. The van der Waals surface area contributed by atoms with Crippen molar-refractivity contribution in [1.29, 1.82) is 0 Å². The van der Waals surface area contributed by atoms with Gasteiger partial charge >= 0.3 is 5.88 Å². The molecule has 0 spiro atoms. The Morgan fingerprint density at radius 3 is 2.83 bits per heavy atom. The first-order valence-electron chi connectivity index (χ1n) is 8.81. The van der Waals surface area contributed by atoms with Crippen LogP contribution in [0.2, 0.25) is 0 Å². The molecule has 29 heavy (non-hydrogen) atoms. The van der Waals surface area contributed by atoms with E-state index in [4.69, 9.17) is 4.42 Å². The van der Waals surface area contributed by atoms with Crippen molar-refractivity contribution >= 4 is 34.3 Å². The van der Waals surface area contributed by atoms with Crippen LogP contribution < -0.4 is 5.32 Å². The highest BCUT2D eigenvalue weighted by molar-refractivity contribution is 6.01. The fraction of sp³-hybridized carbons (Fsp3) is 0.0476. The molecule has 144 valence electrons. The summed E-state index contributed by atoms with van der Waals surface area (Å²) < 4.78 is 6.72. The third kappa shape index (κ3) is 4.22. The van der Waals surface area contributed by atoms with Gasteiger partial charge in [0.2, 0.25) is 5.91 Å².